The van der Waals surface area contributed by atoms with E-state index in [1.54, 1.807) is 4.90 Å². The van der Waals surface area contributed by atoms with E-state index in [4.69, 9.17) is 4.74 Å². The molecule has 0 radical (unpaired) electrons. The third-order valence-electron chi connectivity index (χ3n) is 6.48. The highest BCUT2D eigenvalue weighted by atomic mass is 19.4. The molecule has 0 aromatic heterocycles. The standard InChI is InChI=1S/C25H35F3N4O4/c1-18(2)36-24(35)32-12-10-30(11-13-32)8-9-31-7-6-19(17-31)14-22(33)16-29-23(34)20-4-3-5-21(15-20)25(26,27)28/h3-5,15,18-19H,6-14,16-17H2,1-2H3,(H,29,34)/t19-/m0/s1. The summed E-state index contributed by atoms with van der Waals surface area (Å²) in [6.45, 7) is 9.84. The lowest BCUT2D eigenvalue weighted by Crippen LogP contribution is -2.50. The molecule has 1 aromatic carbocycles. The first kappa shape index (κ1) is 27.9. The molecular formula is C25H35F3N4O4. The maximum atomic E-state index is 12.8. The fourth-order valence-corrected chi connectivity index (χ4v) is 4.51. The van der Waals surface area contributed by atoms with Crippen molar-refractivity contribution in [3.05, 3.63) is 35.4 Å². The molecule has 36 heavy (non-hydrogen) atoms. The fourth-order valence-electron chi connectivity index (χ4n) is 4.51. The number of ketones is 1. The number of carbonyl (C=O) groups excluding carboxylic acids is 3. The number of hydrogen-bond donors (Lipinski definition) is 1. The van der Waals surface area contributed by atoms with Crippen LogP contribution >= 0.6 is 0 Å². The van der Waals surface area contributed by atoms with E-state index >= 15 is 0 Å². The van der Waals surface area contributed by atoms with Gasteiger partial charge in [0.1, 0.15) is 0 Å². The second kappa shape index (κ2) is 12.5. The van der Waals surface area contributed by atoms with Crippen molar-refractivity contribution in [1.29, 1.82) is 0 Å². The van der Waals surface area contributed by atoms with Crippen LogP contribution in [-0.4, -0.2) is 97.5 Å². The zero-order chi connectivity index (χ0) is 26.3. The summed E-state index contributed by atoms with van der Waals surface area (Å²) in [5, 5.41) is 2.44. The zero-order valence-corrected chi connectivity index (χ0v) is 20.9. The van der Waals surface area contributed by atoms with Gasteiger partial charge in [0.25, 0.3) is 5.91 Å². The predicted molar refractivity (Wildman–Crippen MR) is 128 cm³/mol. The van der Waals surface area contributed by atoms with E-state index in [0.29, 0.717) is 19.5 Å². The Morgan fingerprint density at radius 3 is 2.42 bits per heavy atom. The second-order valence-electron chi connectivity index (χ2n) is 9.72. The quantitative estimate of drug-likeness (QED) is 0.548. The minimum Gasteiger partial charge on any atom is -0.447 e. The lowest BCUT2D eigenvalue weighted by atomic mass is 10.0. The van der Waals surface area contributed by atoms with E-state index in [0.717, 1.165) is 57.8 Å². The predicted octanol–water partition coefficient (Wildman–Crippen LogP) is 2.88. The van der Waals surface area contributed by atoms with Crippen molar-refractivity contribution in [3.63, 3.8) is 0 Å². The van der Waals surface area contributed by atoms with Gasteiger partial charge in [-0.25, -0.2) is 4.79 Å². The molecule has 2 saturated heterocycles. The van der Waals surface area contributed by atoms with Crippen LogP contribution in [0.4, 0.5) is 18.0 Å². The van der Waals surface area contributed by atoms with Crippen molar-refractivity contribution >= 4 is 17.8 Å². The number of nitrogens with one attached hydrogen (secondary N) is 1. The molecule has 1 atom stereocenters. The highest BCUT2D eigenvalue weighted by Crippen LogP contribution is 2.29. The number of hydrogen-bond acceptors (Lipinski definition) is 6. The minimum atomic E-state index is -4.53. The summed E-state index contributed by atoms with van der Waals surface area (Å²) in [6, 6.07) is 4.15. The monoisotopic (exact) mass is 512 g/mol. The zero-order valence-electron chi connectivity index (χ0n) is 20.9. The molecule has 0 unspecified atom stereocenters. The van der Waals surface area contributed by atoms with E-state index in [1.807, 2.05) is 13.8 Å². The van der Waals surface area contributed by atoms with Gasteiger partial charge in [-0.3, -0.25) is 14.5 Å². The Bertz CT molecular complexity index is 917. The third kappa shape index (κ3) is 8.48. The Hall–Kier alpha value is -2.66. The molecular weight excluding hydrogens is 477 g/mol. The van der Waals surface area contributed by atoms with Crippen LogP contribution in [0.3, 0.4) is 0 Å². The van der Waals surface area contributed by atoms with Crippen molar-refractivity contribution in [3.8, 4) is 0 Å². The Labute approximate surface area is 209 Å². The van der Waals surface area contributed by atoms with E-state index in [-0.39, 0.29) is 36.0 Å². The van der Waals surface area contributed by atoms with Crippen LogP contribution in [-0.2, 0) is 15.7 Å². The van der Waals surface area contributed by atoms with Gasteiger partial charge >= 0.3 is 12.3 Å². The molecule has 3 rings (SSSR count). The van der Waals surface area contributed by atoms with Gasteiger partial charge in [0.15, 0.2) is 5.78 Å². The summed E-state index contributed by atoms with van der Waals surface area (Å²) in [4.78, 5) is 42.9. The van der Waals surface area contributed by atoms with Gasteiger partial charge in [-0.05, 0) is 50.9 Å². The molecule has 8 nitrogen and oxygen atoms in total. The van der Waals surface area contributed by atoms with Gasteiger partial charge in [-0.1, -0.05) is 6.07 Å². The summed E-state index contributed by atoms with van der Waals surface area (Å²) < 4.78 is 43.8. The van der Waals surface area contributed by atoms with Crippen LogP contribution < -0.4 is 5.32 Å². The van der Waals surface area contributed by atoms with Gasteiger partial charge in [0.2, 0.25) is 0 Å². The number of likely N-dealkylation sites (tertiary alicyclic amines) is 1. The molecule has 0 aliphatic carbocycles. The van der Waals surface area contributed by atoms with Gasteiger partial charge in [0.05, 0.1) is 18.2 Å². The Morgan fingerprint density at radius 2 is 1.75 bits per heavy atom. The van der Waals surface area contributed by atoms with Crippen molar-refractivity contribution in [2.45, 2.75) is 39.0 Å². The van der Waals surface area contributed by atoms with Gasteiger partial charge in [-0.15, -0.1) is 0 Å². The van der Waals surface area contributed by atoms with Crippen LogP contribution in [0.2, 0.25) is 0 Å². The second-order valence-corrected chi connectivity index (χ2v) is 9.72. The van der Waals surface area contributed by atoms with Crippen LogP contribution in [0.5, 0.6) is 0 Å². The SMILES string of the molecule is CC(C)OC(=O)N1CCN(CCN2CC[C@@H](CC(=O)CNC(=O)c3cccc(C(F)(F)F)c3)C2)CC1. The molecule has 1 aromatic rings. The van der Waals surface area contributed by atoms with Crippen molar-refractivity contribution in [2.75, 3.05) is 58.9 Å². The normalized spacial score (nSPS) is 19.5. The maximum Gasteiger partial charge on any atom is 0.416 e. The number of piperazine rings is 1. The van der Waals surface area contributed by atoms with Crippen molar-refractivity contribution in [2.24, 2.45) is 5.92 Å². The summed E-state index contributed by atoms with van der Waals surface area (Å²) in [7, 11) is 0. The summed E-state index contributed by atoms with van der Waals surface area (Å²) in [6.07, 6.45) is -3.70. The average Bonchev–Trinajstić information content (AvgIpc) is 3.27. The Morgan fingerprint density at radius 1 is 1.06 bits per heavy atom. The maximum absolute atomic E-state index is 12.8. The summed E-state index contributed by atoms with van der Waals surface area (Å²) >= 11 is 0. The van der Waals surface area contributed by atoms with Gasteiger partial charge < -0.3 is 19.9 Å². The molecule has 2 fully saturated rings. The van der Waals surface area contributed by atoms with Crippen molar-refractivity contribution in [1.82, 2.24) is 20.0 Å². The lowest BCUT2D eigenvalue weighted by Gasteiger charge is -2.35. The minimum absolute atomic E-state index is 0.123. The Kier molecular flexibility index (Phi) is 9.72. The van der Waals surface area contributed by atoms with Crippen LogP contribution in [0.1, 0.15) is 42.6 Å². The number of Topliss-reactive ketones (excluding diaryl/α,β-unsaturated/α-hetero) is 1. The molecule has 0 saturated carbocycles. The first-order valence-corrected chi connectivity index (χ1v) is 12.4. The molecule has 11 heteroatoms. The molecule has 1 N–H and O–H groups in total. The Balaban J connectivity index is 1.32. The fraction of sp³-hybridized carbons (Fsp3) is 0.640. The molecule has 2 aliphatic rings. The highest BCUT2D eigenvalue weighted by molar-refractivity contribution is 5.96. The average molecular weight is 513 g/mol. The van der Waals surface area contributed by atoms with E-state index in [9.17, 15) is 27.6 Å². The third-order valence-corrected chi connectivity index (χ3v) is 6.48. The highest BCUT2D eigenvalue weighted by Gasteiger charge is 2.31. The van der Waals surface area contributed by atoms with E-state index in [1.165, 1.54) is 12.1 Å². The number of carbonyl (C=O) groups is 3. The number of rotatable bonds is 9. The molecule has 200 valence electrons. The number of ether oxygens (including phenoxy) is 1. The van der Waals surface area contributed by atoms with Crippen LogP contribution in [0, 0.1) is 5.92 Å². The lowest BCUT2D eigenvalue weighted by molar-refractivity contribution is -0.137. The first-order valence-electron chi connectivity index (χ1n) is 12.4. The number of nitrogens with zero attached hydrogens (tertiary/aromatic N) is 3. The molecule has 2 heterocycles. The molecule has 0 bridgehead atoms. The largest absolute Gasteiger partial charge is 0.447 e. The number of amides is 2. The molecule has 2 aliphatic heterocycles. The van der Waals surface area contributed by atoms with Gasteiger partial charge in [0, 0.05) is 57.8 Å². The number of halogens is 3. The first-order chi connectivity index (χ1) is 17.0. The van der Waals surface area contributed by atoms with Crippen molar-refractivity contribution < 1.29 is 32.3 Å². The smallest absolute Gasteiger partial charge is 0.416 e. The molecule has 0 spiro atoms. The topological polar surface area (TPSA) is 82.2 Å². The van der Waals surface area contributed by atoms with Gasteiger partial charge in [-0.2, -0.15) is 13.2 Å². The van der Waals surface area contributed by atoms with E-state index in [2.05, 4.69) is 15.1 Å². The van der Waals surface area contributed by atoms with Crippen LogP contribution in [0.25, 0.3) is 0 Å². The van der Waals surface area contributed by atoms with Crippen LogP contribution in [0.15, 0.2) is 24.3 Å². The number of benzene rings is 1. The van der Waals surface area contributed by atoms with E-state index < -0.39 is 17.6 Å². The number of alkyl halides is 3. The summed E-state index contributed by atoms with van der Waals surface area (Å²) in [5.41, 5.74) is -1.02. The molecule has 2 amide bonds. The summed E-state index contributed by atoms with van der Waals surface area (Å²) in [5.74, 6) is -0.628.